The highest BCUT2D eigenvalue weighted by Gasteiger charge is 2.37. The zero-order valence-corrected chi connectivity index (χ0v) is 17.4. The van der Waals surface area contributed by atoms with Crippen molar-refractivity contribution in [1.82, 2.24) is 5.32 Å². The number of carbonyl (C=O) groups excluding carboxylic acids is 3. The van der Waals surface area contributed by atoms with Gasteiger partial charge in [0, 0.05) is 22.2 Å². The summed E-state index contributed by atoms with van der Waals surface area (Å²) in [7, 11) is 0. The molecule has 28 heavy (non-hydrogen) atoms. The van der Waals surface area contributed by atoms with Crippen LogP contribution in [0.2, 0.25) is 0 Å². The second-order valence-corrected chi connectivity index (χ2v) is 7.63. The fraction of sp³-hybridized carbons (Fsp3) is 0. The van der Waals surface area contributed by atoms with Gasteiger partial charge in [-0.15, -0.1) is 0 Å². The van der Waals surface area contributed by atoms with Gasteiger partial charge in [0.1, 0.15) is 11.3 Å². The number of hydrogen-bond donors (Lipinski definition) is 2. The van der Waals surface area contributed by atoms with Gasteiger partial charge in [0.25, 0.3) is 17.5 Å². The molecular weight excluding hydrogens is 549 g/mol. The number of nitro benzene ring substituents is 1. The summed E-state index contributed by atoms with van der Waals surface area (Å²) >= 11 is 4.94. The average Bonchev–Trinajstić information content (AvgIpc) is 2.63. The van der Waals surface area contributed by atoms with Gasteiger partial charge in [-0.3, -0.25) is 25.0 Å². The van der Waals surface area contributed by atoms with E-state index in [0.29, 0.717) is 0 Å². The summed E-state index contributed by atoms with van der Waals surface area (Å²) in [6, 6.07) is 7.50. The van der Waals surface area contributed by atoms with E-state index in [4.69, 9.17) is 0 Å². The van der Waals surface area contributed by atoms with Crippen LogP contribution in [0.1, 0.15) is 5.56 Å². The van der Waals surface area contributed by atoms with Gasteiger partial charge in [-0.2, -0.15) is 0 Å². The Morgan fingerprint density at radius 1 is 1.18 bits per heavy atom. The summed E-state index contributed by atoms with van der Waals surface area (Å²) in [5, 5.41) is 23.3. The standard InChI is InChI=1S/C17H9BrIN3O6/c18-9-1-3-10(4-2-9)21-16(25)12(15(24)20-17(21)26)6-8-5-11(22(27)28)7-13(19)14(8)23/h1-7,23H,(H,20,24,26)/b12-6+. The molecule has 9 nitrogen and oxygen atoms in total. The fourth-order valence-electron chi connectivity index (χ4n) is 2.46. The first-order valence-corrected chi connectivity index (χ1v) is 9.40. The maximum absolute atomic E-state index is 12.8. The smallest absolute Gasteiger partial charge is 0.335 e. The predicted molar refractivity (Wildman–Crippen MR) is 111 cm³/mol. The van der Waals surface area contributed by atoms with Crippen LogP contribution in [0.5, 0.6) is 5.75 Å². The maximum atomic E-state index is 12.8. The molecule has 0 bridgehead atoms. The first-order valence-electron chi connectivity index (χ1n) is 7.53. The van der Waals surface area contributed by atoms with Crippen LogP contribution in [0, 0.1) is 13.7 Å². The lowest BCUT2D eigenvalue weighted by Crippen LogP contribution is -2.54. The van der Waals surface area contributed by atoms with E-state index in [1.807, 2.05) is 5.32 Å². The number of urea groups is 1. The van der Waals surface area contributed by atoms with Gasteiger partial charge >= 0.3 is 6.03 Å². The molecule has 1 fully saturated rings. The molecule has 0 radical (unpaired) electrons. The number of amides is 4. The molecule has 2 aromatic carbocycles. The lowest BCUT2D eigenvalue weighted by molar-refractivity contribution is -0.385. The van der Waals surface area contributed by atoms with Crippen LogP contribution in [-0.4, -0.2) is 27.9 Å². The minimum absolute atomic E-state index is 0.0952. The number of nitro groups is 1. The topological polar surface area (TPSA) is 130 Å². The van der Waals surface area contributed by atoms with Gasteiger partial charge in [-0.05, 0) is 52.9 Å². The molecule has 0 unspecified atom stereocenters. The van der Waals surface area contributed by atoms with Crippen molar-refractivity contribution in [3.05, 3.63) is 65.7 Å². The molecule has 0 aromatic heterocycles. The average molecular weight is 558 g/mol. The van der Waals surface area contributed by atoms with Crippen molar-refractivity contribution in [1.29, 1.82) is 0 Å². The molecule has 1 saturated heterocycles. The van der Waals surface area contributed by atoms with E-state index in [1.165, 1.54) is 12.1 Å². The molecule has 2 N–H and O–H groups in total. The molecule has 1 heterocycles. The number of carbonyl (C=O) groups is 3. The molecule has 3 rings (SSSR count). The lowest BCUT2D eigenvalue weighted by atomic mass is 10.1. The number of non-ortho nitro benzene ring substituents is 1. The third-order valence-corrected chi connectivity index (χ3v) is 5.13. The number of nitrogens with zero attached hydrogens (tertiary/aromatic N) is 2. The summed E-state index contributed by atoms with van der Waals surface area (Å²) in [6.45, 7) is 0. The Labute approximate surface area is 179 Å². The second kappa shape index (κ2) is 7.67. The van der Waals surface area contributed by atoms with Gasteiger partial charge in [0.05, 0.1) is 14.2 Å². The van der Waals surface area contributed by atoms with E-state index < -0.39 is 28.3 Å². The van der Waals surface area contributed by atoms with E-state index in [-0.39, 0.29) is 26.3 Å². The lowest BCUT2D eigenvalue weighted by Gasteiger charge is -2.26. The predicted octanol–water partition coefficient (Wildman–Crippen LogP) is 3.33. The first kappa shape index (κ1) is 19.9. The quantitative estimate of drug-likeness (QED) is 0.196. The van der Waals surface area contributed by atoms with Gasteiger partial charge in [0.2, 0.25) is 0 Å². The van der Waals surface area contributed by atoms with Crippen LogP contribution in [-0.2, 0) is 9.59 Å². The van der Waals surface area contributed by atoms with E-state index in [1.54, 1.807) is 34.7 Å². The van der Waals surface area contributed by atoms with Crippen LogP contribution in [0.15, 0.2) is 46.4 Å². The number of benzene rings is 2. The Balaban J connectivity index is 2.09. The maximum Gasteiger partial charge on any atom is 0.335 e. The number of phenolic OH excluding ortho intramolecular Hbond substituents is 1. The molecular formula is C17H9BrIN3O6. The van der Waals surface area contributed by atoms with Gasteiger partial charge in [-0.25, -0.2) is 9.69 Å². The highest BCUT2D eigenvalue weighted by molar-refractivity contribution is 14.1. The van der Waals surface area contributed by atoms with Gasteiger partial charge in [0.15, 0.2) is 0 Å². The Morgan fingerprint density at radius 3 is 2.43 bits per heavy atom. The normalized spacial score (nSPS) is 15.7. The van der Waals surface area contributed by atoms with Crippen molar-refractivity contribution in [3.63, 3.8) is 0 Å². The van der Waals surface area contributed by atoms with Crippen LogP contribution < -0.4 is 10.2 Å². The van der Waals surface area contributed by atoms with Crippen molar-refractivity contribution in [2.45, 2.75) is 0 Å². The molecule has 4 amide bonds. The first-order chi connectivity index (χ1) is 13.2. The molecule has 0 aliphatic carbocycles. The second-order valence-electron chi connectivity index (χ2n) is 5.56. The molecule has 0 atom stereocenters. The number of nitrogens with one attached hydrogen (secondary N) is 1. The Morgan fingerprint density at radius 2 is 1.82 bits per heavy atom. The third-order valence-electron chi connectivity index (χ3n) is 3.77. The van der Waals surface area contributed by atoms with Crippen LogP contribution in [0.3, 0.4) is 0 Å². The van der Waals surface area contributed by atoms with E-state index in [0.717, 1.165) is 27.6 Å². The Bertz CT molecular complexity index is 1070. The van der Waals surface area contributed by atoms with Crippen LogP contribution >= 0.6 is 38.5 Å². The summed E-state index contributed by atoms with van der Waals surface area (Å²) in [5.74, 6) is -2.22. The summed E-state index contributed by atoms with van der Waals surface area (Å²) < 4.78 is 0.896. The molecule has 142 valence electrons. The van der Waals surface area contributed by atoms with E-state index >= 15 is 0 Å². The summed E-state index contributed by atoms with van der Waals surface area (Å²) in [6.07, 6.45) is 1.01. The minimum Gasteiger partial charge on any atom is -0.506 e. The number of rotatable bonds is 3. The molecule has 2 aromatic rings. The number of anilines is 1. The number of aromatic hydroxyl groups is 1. The molecule has 1 aliphatic rings. The summed E-state index contributed by atoms with van der Waals surface area (Å²) in [4.78, 5) is 48.3. The third kappa shape index (κ3) is 3.75. The van der Waals surface area contributed by atoms with Crippen molar-refractivity contribution < 1.29 is 24.4 Å². The van der Waals surface area contributed by atoms with Gasteiger partial charge in [-0.1, -0.05) is 15.9 Å². The Kier molecular flexibility index (Phi) is 5.47. The van der Waals surface area contributed by atoms with Crippen molar-refractivity contribution in [2.75, 3.05) is 4.90 Å². The molecule has 1 aliphatic heterocycles. The zero-order valence-electron chi connectivity index (χ0n) is 13.7. The number of phenols is 1. The van der Waals surface area contributed by atoms with E-state index in [9.17, 15) is 29.6 Å². The monoisotopic (exact) mass is 557 g/mol. The number of barbiturate groups is 1. The molecule has 0 spiro atoms. The van der Waals surface area contributed by atoms with Crippen LogP contribution in [0.25, 0.3) is 6.08 Å². The van der Waals surface area contributed by atoms with Crippen molar-refractivity contribution in [2.24, 2.45) is 0 Å². The van der Waals surface area contributed by atoms with Crippen molar-refractivity contribution >= 4 is 73.8 Å². The largest absolute Gasteiger partial charge is 0.506 e. The van der Waals surface area contributed by atoms with Gasteiger partial charge < -0.3 is 5.11 Å². The number of halogens is 2. The minimum atomic E-state index is -0.968. The highest BCUT2D eigenvalue weighted by atomic mass is 127. The van der Waals surface area contributed by atoms with E-state index in [2.05, 4.69) is 15.9 Å². The molecule has 0 saturated carbocycles. The Hall–Kier alpha value is -2.80. The van der Waals surface area contributed by atoms with Crippen LogP contribution in [0.4, 0.5) is 16.2 Å². The van der Waals surface area contributed by atoms with Crippen molar-refractivity contribution in [3.8, 4) is 5.75 Å². The highest BCUT2D eigenvalue weighted by Crippen LogP contribution is 2.32. The number of hydrogen-bond acceptors (Lipinski definition) is 6. The fourth-order valence-corrected chi connectivity index (χ4v) is 3.35. The SMILES string of the molecule is O=C1NC(=O)N(c2ccc(Br)cc2)C(=O)/C1=C/c1cc([N+](=O)[O-])cc(I)c1O. The number of imide groups is 2. The molecule has 11 heteroatoms. The zero-order chi connectivity index (χ0) is 20.6. The summed E-state index contributed by atoms with van der Waals surface area (Å²) in [5.41, 5.74) is -0.642.